The quantitative estimate of drug-likeness (QED) is 0.508. The molecular weight excluding hydrogens is 274 g/mol. The Bertz CT molecular complexity index is 827. The lowest BCUT2D eigenvalue weighted by molar-refractivity contribution is 0.483. The maximum atomic E-state index is 6.96. The zero-order chi connectivity index (χ0) is 13.9. The number of ether oxygens (including phenoxy) is 1. The van der Waals surface area contributed by atoms with Gasteiger partial charge in [-0.1, -0.05) is 12.6 Å². The highest BCUT2D eigenvalue weighted by molar-refractivity contribution is 6.29. The standard InChI is InChI=1S/C15H8ClN3O/c1-17-15-8-13(7-14(16)19-15)20-12-3-2-10-4-5-18-9-11(10)6-12/h2-9H. The van der Waals surface area contributed by atoms with Crippen LogP contribution in [0.4, 0.5) is 5.82 Å². The molecule has 0 amide bonds. The summed E-state index contributed by atoms with van der Waals surface area (Å²) in [7, 11) is 0. The number of pyridine rings is 2. The van der Waals surface area contributed by atoms with E-state index in [2.05, 4.69) is 14.8 Å². The summed E-state index contributed by atoms with van der Waals surface area (Å²) >= 11 is 5.85. The largest absolute Gasteiger partial charge is 0.458 e. The molecule has 2 heterocycles. The molecule has 4 nitrogen and oxygen atoms in total. The second-order valence-electron chi connectivity index (χ2n) is 4.08. The first kappa shape index (κ1) is 12.4. The van der Waals surface area contributed by atoms with Crippen LogP contribution in [0, 0.1) is 6.57 Å². The van der Waals surface area contributed by atoms with E-state index in [9.17, 15) is 0 Å². The van der Waals surface area contributed by atoms with Crippen molar-refractivity contribution >= 4 is 28.2 Å². The molecule has 0 atom stereocenters. The van der Waals surface area contributed by atoms with Crippen LogP contribution in [0.25, 0.3) is 15.6 Å². The van der Waals surface area contributed by atoms with Crippen molar-refractivity contribution in [2.45, 2.75) is 0 Å². The molecule has 0 saturated heterocycles. The van der Waals surface area contributed by atoms with Gasteiger partial charge in [0.2, 0.25) is 5.15 Å². The molecule has 0 unspecified atom stereocenters. The minimum atomic E-state index is 0.204. The maximum absolute atomic E-state index is 6.96. The number of halogens is 1. The number of hydrogen-bond donors (Lipinski definition) is 0. The molecule has 5 heteroatoms. The van der Waals surface area contributed by atoms with Crippen LogP contribution in [0.3, 0.4) is 0 Å². The lowest BCUT2D eigenvalue weighted by Crippen LogP contribution is -1.86. The second-order valence-corrected chi connectivity index (χ2v) is 4.47. The highest BCUT2D eigenvalue weighted by Crippen LogP contribution is 2.29. The topological polar surface area (TPSA) is 39.4 Å². The first-order chi connectivity index (χ1) is 9.74. The Balaban J connectivity index is 1.97. The Morgan fingerprint density at radius 2 is 1.95 bits per heavy atom. The van der Waals surface area contributed by atoms with E-state index in [1.807, 2.05) is 24.3 Å². The van der Waals surface area contributed by atoms with Gasteiger partial charge >= 0.3 is 0 Å². The first-order valence-electron chi connectivity index (χ1n) is 5.81. The molecule has 3 rings (SSSR count). The SMILES string of the molecule is [C-]#[N+]c1cc(Oc2ccc3ccncc3c2)cc(Cl)n1. The van der Waals surface area contributed by atoms with Gasteiger partial charge in [-0.3, -0.25) is 4.98 Å². The predicted octanol–water partition coefficient (Wildman–Crippen LogP) is 4.63. The predicted molar refractivity (Wildman–Crippen MR) is 77.3 cm³/mol. The Kier molecular flexibility index (Phi) is 3.20. The van der Waals surface area contributed by atoms with E-state index in [4.69, 9.17) is 22.9 Å². The van der Waals surface area contributed by atoms with Crippen molar-refractivity contribution < 1.29 is 4.74 Å². The average molecular weight is 282 g/mol. The third-order valence-corrected chi connectivity index (χ3v) is 2.91. The highest BCUT2D eigenvalue weighted by atomic mass is 35.5. The van der Waals surface area contributed by atoms with Gasteiger partial charge in [0.05, 0.1) is 0 Å². The van der Waals surface area contributed by atoms with E-state index in [1.165, 1.54) is 0 Å². The summed E-state index contributed by atoms with van der Waals surface area (Å²) < 4.78 is 5.71. The zero-order valence-corrected chi connectivity index (χ0v) is 11.0. The summed E-state index contributed by atoms with van der Waals surface area (Å²) in [6.45, 7) is 6.96. The monoisotopic (exact) mass is 281 g/mol. The summed E-state index contributed by atoms with van der Waals surface area (Å²) in [6.07, 6.45) is 3.51. The van der Waals surface area contributed by atoms with Crippen LogP contribution in [-0.2, 0) is 0 Å². The fourth-order valence-corrected chi connectivity index (χ4v) is 2.03. The van der Waals surface area contributed by atoms with Gasteiger partial charge in [0.15, 0.2) is 0 Å². The maximum Gasteiger partial charge on any atom is 0.274 e. The van der Waals surface area contributed by atoms with Crippen molar-refractivity contribution in [2.24, 2.45) is 0 Å². The van der Waals surface area contributed by atoms with E-state index in [0.29, 0.717) is 11.5 Å². The smallest absolute Gasteiger partial charge is 0.274 e. The van der Waals surface area contributed by atoms with E-state index >= 15 is 0 Å². The fraction of sp³-hybridized carbons (Fsp3) is 0. The Morgan fingerprint density at radius 3 is 2.80 bits per heavy atom. The molecule has 1 aromatic carbocycles. The van der Waals surface area contributed by atoms with Gasteiger partial charge in [-0.2, -0.15) is 0 Å². The molecular formula is C15H8ClN3O. The molecule has 0 bridgehead atoms. The van der Waals surface area contributed by atoms with Crippen molar-refractivity contribution in [1.29, 1.82) is 0 Å². The van der Waals surface area contributed by atoms with Gasteiger partial charge in [0.25, 0.3) is 5.82 Å². The van der Waals surface area contributed by atoms with E-state index in [-0.39, 0.29) is 11.0 Å². The third-order valence-electron chi connectivity index (χ3n) is 2.72. The normalized spacial score (nSPS) is 10.2. The summed E-state index contributed by atoms with van der Waals surface area (Å²) in [5.41, 5.74) is 0. The third kappa shape index (κ3) is 2.53. The lowest BCUT2D eigenvalue weighted by Gasteiger charge is -2.07. The Hall–Kier alpha value is -2.64. The molecule has 0 radical (unpaired) electrons. The number of nitrogens with zero attached hydrogens (tertiary/aromatic N) is 3. The van der Waals surface area contributed by atoms with Crippen molar-refractivity contribution in [3.63, 3.8) is 0 Å². The average Bonchev–Trinajstić information content (AvgIpc) is 2.46. The molecule has 0 N–H and O–H groups in total. The summed E-state index contributed by atoms with van der Waals surface area (Å²) in [5.74, 6) is 1.35. The van der Waals surface area contributed by atoms with Crippen LogP contribution in [-0.4, -0.2) is 9.97 Å². The molecule has 0 aliphatic carbocycles. The van der Waals surface area contributed by atoms with Gasteiger partial charge < -0.3 is 9.58 Å². The molecule has 20 heavy (non-hydrogen) atoms. The van der Waals surface area contributed by atoms with E-state index in [0.717, 1.165) is 10.8 Å². The molecule has 0 aliphatic rings. The van der Waals surface area contributed by atoms with Gasteiger partial charge in [-0.15, -0.1) is 4.98 Å². The number of benzene rings is 1. The minimum absolute atomic E-state index is 0.204. The number of rotatable bonds is 2. The van der Waals surface area contributed by atoms with Crippen molar-refractivity contribution in [1.82, 2.24) is 9.97 Å². The van der Waals surface area contributed by atoms with Crippen LogP contribution in [0.5, 0.6) is 11.5 Å². The van der Waals surface area contributed by atoms with Crippen molar-refractivity contribution in [3.05, 3.63) is 65.4 Å². The van der Waals surface area contributed by atoms with E-state index in [1.54, 1.807) is 24.5 Å². The van der Waals surface area contributed by atoms with Gasteiger partial charge in [-0.25, -0.2) is 0 Å². The summed E-state index contributed by atoms with van der Waals surface area (Å²) in [5, 5.41) is 2.30. The van der Waals surface area contributed by atoms with Crippen LogP contribution in [0.2, 0.25) is 5.15 Å². The van der Waals surface area contributed by atoms with Crippen LogP contribution in [0.15, 0.2) is 48.8 Å². The number of hydrogen-bond acceptors (Lipinski definition) is 3. The molecule has 0 aliphatic heterocycles. The first-order valence-corrected chi connectivity index (χ1v) is 6.19. The summed E-state index contributed by atoms with van der Waals surface area (Å²) in [6, 6.07) is 10.7. The van der Waals surface area contributed by atoms with Gasteiger partial charge in [0, 0.05) is 29.9 Å². The van der Waals surface area contributed by atoms with Crippen molar-refractivity contribution in [2.75, 3.05) is 0 Å². The highest BCUT2D eigenvalue weighted by Gasteiger charge is 2.06. The Labute approximate surface area is 120 Å². The van der Waals surface area contributed by atoms with Crippen LogP contribution < -0.4 is 4.74 Å². The van der Waals surface area contributed by atoms with Crippen LogP contribution >= 0.6 is 11.6 Å². The molecule has 0 fully saturated rings. The number of fused-ring (bicyclic) bond motifs is 1. The molecule has 2 aromatic heterocycles. The van der Waals surface area contributed by atoms with E-state index < -0.39 is 0 Å². The zero-order valence-electron chi connectivity index (χ0n) is 10.2. The lowest BCUT2D eigenvalue weighted by atomic mass is 10.2. The molecule has 3 aromatic rings. The van der Waals surface area contributed by atoms with Crippen LogP contribution in [0.1, 0.15) is 0 Å². The Morgan fingerprint density at radius 1 is 1.05 bits per heavy atom. The minimum Gasteiger partial charge on any atom is -0.458 e. The number of aromatic nitrogens is 2. The molecule has 0 spiro atoms. The van der Waals surface area contributed by atoms with Gasteiger partial charge in [-0.05, 0) is 35.2 Å². The summed E-state index contributed by atoms with van der Waals surface area (Å²) in [4.78, 5) is 11.2. The van der Waals surface area contributed by atoms with Crippen molar-refractivity contribution in [3.8, 4) is 11.5 Å². The van der Waals surface area contributed by atoms with Gasteiger partial charge in [0.1, 0.15) is 11.5 Å². The molecule has 0 saturated carbocycles. The molecule has 96 valence electrons. The fourth-order valence-electron chi connectivity index (χ4n) is 1.84. The second kappa shape index (κ2) is 5.16.